The van der Waals surface area contributed by atoms with Crippen molar-refractivity contribution in [1.29, 1.82) is 0 Å². The van der Waals surface area contributed by atoms with Crippen LogP contribution in [0.5, 0.6) is 0 Å². The third-order valence-electron chi connectivity index (χ3n) is 4.31. The molecule has 2 amide bonds. The Hall–Kier alpha value is -2.25. The number of rotatable bonds is 3. The number of nitrogens with one attached hydrogen (secondary N) is 1. The molecule has 0 bridgehead atoms. The van der Waals surface area contributed by atoms with Gasteiger partial charge in [0.1, 0.15) is 0 Å². The van der Waals surface area contributed by atoms with Crippen LogP contribution in [0.1, 0.15) is 5.56 Å². The average molecular weight is 394 g/mol. The Morgan fingerprint density at radius 3 is 2.23 bits per heavy atom. The Morgan fingerprint density at radius 2 is 1.62 bits per heavy atom. The number of anilines is 1. The van der Waals surface area contributed by atoms with Gasteiger partial charge in [-0.15, -0.1) is 0 Å². The van der Waals surface area contributed by atoms with Crippen LogP contribution in [0.25, 0.3) is 0 Å². The van der Waals surface area contributed by atoms with Crippen LogP contribution in [-0.4, -0.2) is 45.5 Å². The number of amides is 2. The Labute approximate surface area is 158 Å². The van der Waals surface area contributed by atoms with Crippen LogP contribution in [0.15, 0.2) is 53.4 Å². The van der Waals surface area contributed by atoms with E-state index in [2.05, 4.69) is 9.62 Å². The summed E-state index contributed by atoms with van der Waals surface area (Å²) >= 11 is 6.21. The van der Waals surface area contributed by atoms with Gasteiger partial charge in [-0.1, -0.05) is 41.4 Å². The van der Waals surface area contributed by atoms with Gasteiger partial charge in [-0.2, -0.15) is 0 Å². The number of para-hydroxylation sites is 1. The first-order chi connectivity index (χ1) is 12.4. The fraction of sp³-hybridized carbons (Fsp3) is 0.278. The van der Waals surface area contributed by atoms with Gasteiger partial charge in [-0.3, -0.25) is 0 Å². The van der Waals surface area contributed by atoms with E-state index in [1.54, 1.807) is 12.1 Å². The Balaban J connectivity index is 1.62. The Kier molecular flexibility index (Phi) is 5.38. The number of carbonyl (C=O) groups is 1. The monoisotopic (exact) mass is 393 g/mol. The molecule has 1 heterocycles. The molecule has 0 radical (unpaired) electrons. The van der Waals surface area contributed by atoms with Crippen molar-refractivity contribution in [1.82, 2.24) is 9.62 Å². The number of hydrogen-bond donors (Lipinski definition) is 1. The lowest BCUT2D eigenvalue weighted by Crippen LogP contribution is -2.52. The highest BCUT2D eigenvalue weighted by atomic mass is 35.5. The Morgan fingerprint density at radius 1 is 1.00 bits per heavy atom. The number of nitrogens with zero attached hydrogens (tertiary/aromatic N) is 2. The fourth-order valence-electron chi connectivity index (χ4n) is 2.81. The van der Waals surface area contributed by atoms with Gasteiger partial charge >= 0.3 is 6.03 Å². The van der Waals surface area contributed by atoms with Crippen molar-refractivity contribution < 1.29 is 13.2 Å². The van der Waals surface area contributed by atoms with Crippen LogP contribution in [-0.2, 0) is 10.0 Å². The van der Waals surface area contributed by atoms with Crippen LogP contribution in [0.2, 0.25) is 5.02 Å². The van der Waals surface area contributed by atoms with Gasteiger partial charge in [0, 0.05) is 26.2 Å². The molecule has 3 rings (SSSR count). The number of halogens is 1. The van der Waals surface area contributed by atoms with Crippen LogP contribution >= 0.6 is 11.6 Å². The normalized spacial score (nSPS) is 15.0. The van der Waals surface area contributed by atoms with Gasteiger partial charge in [0.25, 0.3) is 10.0 Å². The maximum Gasteiger partial charge on any atom is 0.331 e. The topological polar surface area (TPSA) is 69.7 Å². The highest BCUT2D eigenvalue weighted by Gasteiger charge is 2.26. The van der Waals surface area contributed by atoms with Crippen molar-refractivity contribution in [3.05, 3.63) is 59.1 Å². The van der Waals surface area contributed by atoms with E-state index in [4.69, 9.17) is 11.6 Å². The highest BCUT2D eigenvalue weighted by molar-refractivity contribution is 7.90. The minimum atomic E-state index is -3.87. The van der Waals surface area contributed by atoms with E-state index in [-0.39, 0.29) is 4.90 Å². The third kappa shape index (κ3) is 4.11. The van der Waals surface area contributed by atoms with Gasteiger partial charge in [-0.25, -0.2) is 17.9 Å². The zero-order valence-corrected chi connectivity index (χ0v) is 15.9. The fourth-order valence-corrected chi connectivity index (χ4v) is 4.04. The smallest absolute Gasteiger partial charge is 0.331 e. The molecule has 1 aliphatic rings. The van der Waals surface area contributed by atoms with E-state index >= 15 is 0 Å². The molecule has 2 aromatic rings. The third-order valence-corrected chi connectivity index (χ3v) is 5.97. The van der Waals surface area contributed by atoms with Crippen molar-refractivity contribution in [2.45, 2.75) is 11.8 Å². The summed E-state index contributed by atoms with van der Waals surface area (Å²) in [5, 5.41) is 0.660. The number of piperazine rings is 1. The second-order valence-electron chi connectivity index (χ2n) is 6.15. The summed E-state index contributed by atoms with van der Waals surface area (Å²) < 4.78 is 26.8. The number of benzene rings is 2. The molecule has 8 heteroatoms. The predicted molar refractivity (Wildman–Crippen MR) is 102 cm³/mol. The number of aryl methyl sites for hydroxylation is 1. The van der Waals surface area contributed by atoms with Crippen molar-refractivity contribution in [3.63, 3.8) is 0 Å². The largest absolute Gasteiger partial charge is 0.367 e. The predicted octanol–water partition coefficient (Wildman–Crippen LogP) is 2.87. The van der Waals surface area contributed by atoms with Crippen molar-refractivity contribution >= 4 is 33.3 Å². The van der Waals surface area contributed by atoms with Gasteiger partial charge < -0.3 is 9.80 Å². The first kappa shape index (κ1) is 18.5. The van der Waals surface area contributed by atoms with Crippen LogP contribution in [0.3, 0.4) is 0 Å². The zero-order chi connectivity index (χ0) is 18.7. The zero-order valence-electron chi connectivity index (χ0n) is 14.4. The van der Waals surface area contributed by atoms with E-state index < -0.39 is 16.1 Å². The van der Waals surface area contributed by atoms with Crippen molar-refractivity contribution in [2.75, 3.05) is 31.1 Å². The first-order valence-electron chi connectivity index (χ1n) is 8.25. The standard InChI is InChI=1S/C18H20ClN3O3S/c1-14-6-8-15(9-7-14)26(24,25)20-18(23)22-12-10-21(11-13-22)17-5-3-2-4-16(17)19/h2-9H,10-13H2,1H3,(H,20,23). The van der Waals surface area contributed by atoms with E-state index in [1.165, 1.54) is 17.0 Å². The molecule has 0 spiro atoms. The molecule has 1 saturated heterocycles. The first-order valence-corrected chi connectivity index (χ1v) is 10.1. The molecule has 1 N–H and O–H groups in total. The number of sulfonamides is 1. The van der Waals surface area contributed by atoms with Gasteiger partial charge in [-0.05, 0) is 31.2 Å². The second-order valence-corrected chi connectivity index (χ2v) is 8.24. The lowest BCUT2D eigenvalue weighted by Gasteiger charge is -2.36. The molecule has 1 fully saturated rings. The van der Waals surface area contributed by atoms with E-state index in [0.717, 1.165) is 11.3 Å². The number of carbonyl (C=O) groups excluding carboxylic acids is 1. The molecule has 2 aromatic carbocycles. The quantitative estimate of drug-likeness (QED) is 0.870. The summed E-state index contributed by atoms with van der Waals surface area (Å²) in [6.45, 7) is 3.87. The van der Waals surface area contributed by atoms with Crippen molar-refractivity contribution in [2.24, 2.45) is 0 Å². The molecule has 6 nitrogen and oxygen atoms in total. The molecule has 0 unspecified atom stereocenters. The molecule has 138 valence electrons. The van der Waals surface area contributed by atoms with E-state index in [1.807, 2.05) is 31.2 Å². The minimum absolute atomic E-state index is 0.0751. The van der Waals surface area contributed by atoms with Crippen LogP contribution in [0.4, 0.5) is 10.5 Å². The summed E-state index contributed by atoms with van der Waals surface area (Å²) in [6.07, 6.45) is 0. The highest BCUT2D eigenvalue weighted by Crippen LogP contribution is 2.26. The summed E-state index contributed by atoms with van der Waals surface area (Å²) in [4.78, 5) is 16.0. The average Bonchev–Trinajstić information content (AvgIpc) is 2.62. The van der Waals surface area contributed by atoms with Gasteiger partial charge in [0.05, 0.1) is 15.6 Å². The summed E-state index contributed by atoms with van der Waals surface area (Å²) in [5.74, 6) is 0. The minimum Gasteiger partial charge on any atom is -0.367 e. The lowest BCUT2D eigenvalue weighted by molar-refractivity contribution is 0.200. The second kappa shape index (κ2) is 7.55. The molecule has 0 saturated carbocycles. The molecule has 1 aliphatic heterocycles. The summed E-state index contributed by atoms with van der Waals surface area (Å²) in [7, 11) is -3.87. The van der Waals surface area contributed by atoms with E-state index in [9.17, 15) is 13.2 Å². The molecular formula is C18H20ClN3O3S. The molecule has 0 aliphatic carbocycles. The Bertz CT molecular complexity index is 892. The maximum absolute atomic E-state index is 12.4. The molecule has 0 aromatic heterocycles. The lowest BCUT2D eigenvalue weighted by atomic mass is 10.2. The van der Waals surface area contributed by atoms with Crippen LogP contribution in [0, 0.1) is 6.92 Å². The SMILES string of the molecule is Cc1ccc(S(=O)(=O)NC(=O)N2CCN(c3ccccc3Cl)CC2)cc1. The van der Waals surface area contributed by atoms with Crippen molar-refractivity contribution in [3.8, 4) is 0 Å². The molecule has 26 heavy (non-hydrogen) atoms. The summed E-state index contributed by atoms with van der Waals surface area (Å²) in [6, 6.07) is 13.3. The van der Waals surface area contributed by atoms with Gasteiger partial charge in [0.2, 0.25) is 0 Å². The van der Waals surface area contributed by atoms with Crippen LogP contribution < -0.4 is 9.62 Å². The van der Waals surface area contributed by atoms with Gasteiger partial charge in [0.15, 0.2) is 0 Å². The number of hydrogen-bond acceptors (Lipinski definition) is 4. The maximum atomic E-state index is 12.4. The molecule has 0 atom stereocenters. The number of urea groups is 1. The van der Waals surface area contributed by atoms with E-state index in [0.29, 0.717) is 31.2 Å². The molecular weight excluding hydrogens is 374 g/mol. The summed E-state index contributed by atoms with van der Waals surface area (Å²) in [5.41, 5.74) is 1.87.